The van der Waals surface area contributed by atoms with Gasteiger partial charge in [0, 0.05) is 25.2 Å². The maximum atomic E-state index is 10.5. The number of aliphatic hydroxyl groups excluding tert-OH is 1. The van der Waals surface area contributed by atoms with Crippen LogP contribution in [0.4, 0.5) is 0 Å². The lowest BCUT2D eigenvalue weighted by atomic mass is 10.00. The summed E-state index contributed by atoms with van der Waals surface area (Å²) < 4.78 is 5.88. The predicted octanol–water partition coefficient (Wildman–Crippen LogP) is 4.13. The highest BCUT2D eigenvalue weighted by molar-refractivity contribution is 5.65. The molecule has 0 amide bonds. The fourth-order valence-electron chi connectivity index (χ4n) is 3.78. The van der Waals surface area contributed by atoms with Gasteiger partial charge in [-0.15, -0.1) is 6.42 Å². The lowest BCUT2D eigenvalue weighted by Crippen LogP contribution is -2.38. The van der Waals surface area contributed by atoms with E-state index in [0.717, 1.165) is 42.0 Å². The molecule has 1 heterocycles. The molecule has 146 valence electrons. The number of rotatable bonds is 6. The van der Waals surface area contributed by atoms with E-state index in [-0.39, 0.29) is 6.61 Å². The predicted molar refractivity (Wildman–Crippen MR) is 117 cm³/mol. The summed E-state index contributed by atoms with van der Waals surface area (Å²) in [5.41, 5.74) is 5.79. The zero-order valence-corrected chi connectivity index (χ0v) is 16.4. The van der Waals surface area contributed by atoms with Crippen LogP contribution in [0, 0.1) is 12.3 Å². The molecule has 0 saturated heterocycles. The van der Waals surface area contributed by atoms with Gasteiger partial charge in [-0.05, 0) is 52.9 Å². The van der Waals surface area contributed by atoms with Gasteiger partial charge in [0.15, 0.2) is 0 Å². The first-order chi connectivity index (χ1) is 14.2. The number of aliphatic hydroxyl groups is 1. The molecule has 3 heteroatoms. The van der Waals surface area contributed by atoms with Gasteiger partial charge in [-0.3, -0.25) is 4.90 Å². The standard InChI is InChI=1S/C26H25NO2/c1-2-20-10-12-22(13-11-20)23-8-5-9-26(16-23)29-19-25(28)18-27-15-14-21-6-3-4-7-24(21)17-27/h1,3-13,16,25,28H,14-15,17-19H2. The van der Waals surface area contributed by atoms with Crippen LogP contribution in [-0.2, 0) is 13.0 Å². The van der Waals surface area contributed by atoms with Crippen molar-refractivity contribution in [2.45, 2.75) is 19.1 Å². The molecule has 1 N–H and O–H groups in total. The van der Waals surface area contributed by atoms with Crippen LogP contribution < -0.4 is 4.74 Å². The molecule has 3 aromatic rings. The molecule has 0 fully saturated rings. The van der Waals surface area contributed by atoms with E-state index in [0.29, 0.717) is 6.54 Å². The van der Waals surface area contributed by atoms with E-state index < -0.39 is 6.10 Å². The minimum absolute atomic E-state index is 0.275. The van der Waals surface area contributed by atoms with Crippen LogP contribution in [0.1, 0.15) is 16.7 Å². The third-order valence-electron chi connectivity index (χ3n) is 5.34. The maximum Gasteiger partial charge on any atom is 0.120 e. The fraction of sp³-hybridized carbons (Fsp3) is 0.231. The second-order valence-corrected chi connectivity index (χ2v) is 7.47. The summed E-state index contributed by atoms with van der Waals surface area (Å²) >= 11 is 0. The van der Waals surface area contributed by atoms with Crippen LogP contribution in [0.15, 0.2) is 72.8 Å². The normalized spacial score (nSPS) is 14.6. The number of nitrogens with zero attached hydrogens (tertiary/aromatic N) is 1. The van der Waals surface area contributed by atoms with Gasteiger partial charge in [0.1, 0.15) is 18.5 Å². The molecule has 3 nitrogen and oxygen atoms in total. The molecule has 1 atom stereocenters. The average molecular weight is 383 g/mol. The van der Waals surface area contributed by atoms with E-state index in [1.54, 1.807) is 0 Å². The minimum atomic E-state index is -0.529. The molecule has 0 aliphatic carbocycles. The molecule has 0 spiro atoms. The molecule has 0 bridgehead atoms. The first-order valence-corrected chi connectivity index (χ1v) is 9.98. The summed E-state index contributed by atoms with van der Waals surface area (Å²) in [6.45, 7) is 2.74. The van der Waals surface area contributed by atoms with Crippen molar-refractivity contribution in [3.63, 3.8) is 0 Å². The zero-order chi connectivity index (χ0) is 20.1. The molecule has 1 aliphatic rings. The number of terminal acetylenes is 1. The van der Waals surface area contributed by atoms with Gasteiger partial charge < -0.3 is 9.84 Å². The summed E-state index contributed by atoms with van der Waals surface area (Å²) in [5.74, 6) is 3.39. The molecule has 0 saturated carbocycles. The average Bonchev–Trinajstić information content (AvgIpc) is 2.78. The SMILES string of the molecule is C#Cc1ccc(-c2cccc(OCC(O)CN3CCc4ccccc4C3)c2)cc1. The molecule has 29 heavy (non-hydrogen) atoms. The highest BCUT2D eigenvalue weighted by atomic mass is 16.5. The van der Waals surface area contributed by atoms with Gasteiger partial charge in [0.25, 0.3) is 0 Å². The Balaban J connectivity index is 1.32. The number of benzene rings is 3. The molecule has 4 rings (SSSR count). The molecule has 1 aliphatic heterocycles. The number of hydrogen-bond acceptors (Lipinski definition) is 3. The van der Waals surface area contributed by atoms with Crippen molar-refractivity contribution in [1.82, 2.24) is 4.90 Å². The zero-order valence-electron chi connectivity index (χ0n) is 16.4. The Morgan fingerprint density at radius 3 is 2.55 bits per heavy atom. The van der Waals surface area contributed by atoms with Crippen molar-refractivity contribution in [3.8, 4) is 29.2 Å². The van der Waals surface area contributed by atoms with Crippen molar-refractivity contribution in [1.29, 1.82) is 0 Å². The molecule has 0 radical (unpaired) electrons. The summed E-state index contributed by atoms with van der Waals surface area (Å²) in [5, 5.41) is 10.5. The summed E-state index contributed by atoms with van der Waals surface area (Å²) in [6, 6.07) is 24.3. The third kappa shape index (κ3) is 4.86. The van der Waals surface area contributed by atoms with E-state index in [2.05, 4.69) is 35.1 Å². The topological polar surface area (TPSA) is 32.7 Å². The monoisotopic (exact) mass is 383 g/mol. The molecule has 3 aromatic carbocycles. The lowest BCUT2D eigenvalue weighted by Gasteiger charge is -2.30. The van der Waals surface area contributed by atoms with Crippen molar-refractivity contribution < 1.29 is 9.84 Å². The number of hydrogen-bond donors (Lipinski definition) is 1. The molecule has 1 unspecified atom stereocenters. The Hall–Kier alpha value is -3.06. The maximum absolute atomic E-state index is 10.5. The molecule has 0 aromatic heterocycles. The smallest absolute Gasteiger partial charge is 0.120 e. The molecular weight excluding hydrogens is 358 g/mol. The second-order valence-electron chi connectivity index (χ2n) is 7.47. The van der Waals surface area contributed by atoms with Crippen LogP contribution in [0.5, 0.6) is 5.75 Å². The van der Waals surface area contributed by atoms with Crippen molar-refractivity contribution in [3.05, 3.63) is 89.5 Å². The lowest BCUT2D eigenvalue weighted by molar-refractivity contribution is 0.0638. The Morgan fingerprint density at radius 2 is 1.76 bits per heavy atom. The first kappa shape index (κ1) is 19.3. The number of β-amino-alcohol motifs (C(OH)–C–C–N with tert-alkyl or cyclic N) is 1. The third-order valence-corrected chi connectivity index (χ3v) is 5.34. The van der Waals surface area contributed by atoms with Gasteiger partial charge in [-0.1, -0.05) is 54.5 Å². The quantitative estimate of drug-likeness (QED) is 0.650. The van der Waals surface area contributed by atoms with Gasteiger partial charge in [0.2, 0.25) is 0 Å². The van der Waals surface area contributed by atoms with Gasteiger partial charge >= 0.3 is 0 Å². The fourth-order valence-corrected chi connectivity index (χ4v) is 3.78. The summed E-state index contributed by atoms with van der Waals surface area (Å²) in [4.78, 5) is 2.29. The van der Waals surface area contributed by atoms with E-state index in [1.165, 1.54) is 11.1 Å². The van der Waals surface area contributed by atoms with Crippen LogP contribution in [-0.4, -0.2) is 35.8 Å². The number of fused-ring (bicyclic) bond motifs is 1. The highest BCUT2D eigenvalue weighted by Crippen LogP contribution is 2.24. The summed E-state index contributed by atoms with van der Waals surface area (Å²) in [6.07, 6.45) is 5.93. The minimum Gasteiger partial charge on any atom is -0.491 e. The summed E-state index contributed by atoms with van der Waals surface area (Å²) in [7, 11) is 0. The van der Waals surface area contributed by atoms with Crippen LogP contribution in [0.2, 0.25) is 0 Å². The Labute approximate surface area is 172 Å². The molecular formula is C26H25NO2. The van der Waals surface area contributed by atoms with Crippen molar-refractivity contribution in [2.75, 3.05) is 19.7 Å². The largest absolute Gasteiger partial charge is 0.491 e. The Kier molecular flexibility index (Phi) is 5.95. The highest BCUT2D eigenvalue weighted by Gasteiger charge is 2.18. The van der Waals surface area contributed by atoms with Crippen LogP contribution in [0.3, 0.4) is 0 Å². The van der Waals surface area contributed by atoms with Crippen molar-refractivity contribution in [2.24, 2.45) is 0 Å². The van der Waals surface area contributed by atoms with E-state index in [9.17, 15) is 5.11 Å². The van der Waals surface area contributed by atoms with Gasteiger partial charge in [-0.2, -0.15) is 0 Å². The van der Waals surface area contributed by atoms with Crippen LogP contribution in [0.25, 0.3) is 11.1 Å². The van der Waals surface area contributed by atoms with E-state index >= 15 is 0 Å². The second kappa shape index (κ2) is 8.96. The van der Waals surface area contributed by atoms with E-state index in [4.69, 9.17) is 11.2 Å². The first-order valence-electron chi connectivity index (χ1n) is 9.98. The van der Waals surface area contributed by atoms with Gasteiger partial charge in [0.05, 0.1) is 0 Å². The Morgan fingerprint density at radius 1 is 0.966 bits per heavy atom. The van der Waals surface area contributed by atoms with E-state index in [1.807, 2.05) is 48.5 Å². The van der Waals surface area contributed by atoms with Crippen LogP contribution >= 0.6 is 0 Å². The van der Waals surface area contributed by atoms with Crippen molar-refractivity contribution >= 4 is 0 Å². The Bertz CT molecular complexity index is 1000. The van der Waals surface area contributed by atoms with Gasteiger partial charge in [-0.25, -0.2) is 0 Å². The number of ether oxygens (including phenoxy) is 1.